The summed E-state index contributed by atoms with van der Waals surface area (Å²) in [6.07, 6.45) is 3.49. The first-order valence-electron chi connectivity index (χ1n) is 9.20. The van der Waals surface area contributed by atoms with Crippen LogP contribution in [0.2, 0.25) is 0 Å². The van der Waals surface area contributed by atoms with Gasteiger partial charge in [0.05, 0.1) is 11.6 Å². The van der Waals surface area contributed by atoms with Crippen molar-refractivity contribution < 1.29 is 14.6 Å². The number of hydrogen-bond donors (Lipinski definition) is 1. The molecule has 2 saturated heterocycles. The van der Waals surface area contributed by atoms with Crippen molar-refractivity contribution in [3.05, 3.63) is 54.2 Å². The summed E-state index contributed by atoms with van der Waals surface area (Å²) in [7, 11) is 0. The normalized spacial score (nSPS) is 22.5. The van der Waals surface area contributed by atoms with Gasteiger partial charge in [0.1, 0.15) is 0 Å². The summed E-state index contributed by atoms with van der Waals surface area (Å²) >= 11 is 0. The quantitative estimate of drug-likeness (QED) is 0.916. The second-order valence-corrected chi connectivity index (χ2v) is 7.45. The molecule has 2 aromatic rings. The molecule has 5 heteroatoms. The van der Waals surface area contributed by atoms with Crippen molar-refractivity contribution in [2.24, 2.45) is 11.3 Å². The number of pyridine rings is 1. The molecule has 0 radical (unpaired) electrons. The molecule has 1 aromatic carbocycles. The van der Waals surface area contributed by atoms with Gasteiger partial charge < -0.3 is 9.84 Å². The fourth-order valence-electron chi connectivity index (χ4n) is 4.39. The minimum Gasteiger partial charge on any atom is -0.481 e. The Balaban J connectivity index is 1.46. The zero-order valence-electron chi connectivity index (χ0n) is 14.8. The monoisotopic (exact) mass is 352 g/mol. The summed E-state index contributed by atoms with van der Waals surface area (Å²) in [5.41, 5.74) is 3.14. The number of carboxylic acids is 1. The molecule has 1 atom stereocenters. The number of aromatic nitrogens is 1. The van der Waals surface area contributed by atoms with Crippen LogP contribution in [0, 0.1) is 11.3 Å². The Labute approximate surface area is 153 Å². The van der Waals surface area contributed by atoms with Crippen LogP contribution >= 0.6 is 0 Å². The number of carboxylic acid groups (broad SMARTS) is 1. The molecule has 3 heterocycles. The first-order chi connectivity index (χ1) is 12.7. The minimum atomic E-state index is -0.667. The van der Waals surface area contributed by atoms with E-state index >= 15 is 0 Å². The van der Waals surface area contributed by atoms with Gasteiger partial charge in [-0.15, -0.1) is 0 Å². The number of aliphatic carboxylic acids is 1. The lowest BCUT2D eigenvalue weighted by Gasteiger charge is -2.36. The number of benzene rings is 1. The van der Waals surface area contributed by atoms with E-state index in [0.717, 1.165) is 37.2 Å². The van der Waals surface area contributed by atoms with Crippen LogP contribution in [-0.4, -0.2) is 47.3 Å². The maximum atomic E-state index is 11.8. The summed E-state index contributed by atoms with van der Waals surface area (Å²) in [4.78, 5) is 18.5. The van der Waals surface area contributed by atoms with Crippen molar-refractivity contribution in [1.82, 2.24) is 9.88 Å². The van der Waals surface area contributed by atoms with Crippen LogP contribution in [0.1, 0.15) is 18.4 Å². The van der Waals surface area contributed by atoms with E-state index in [4.69, 9.17) is 4.74 Å². The number of likely N-dealkylation sites (tertiary alicyclic amines) is 1. The first kappa shape index (κ1) is 17.2. The summed E-state index contributed by atoms with van der Waals surface area (Å²) in [6, 6.07) is 14.3. The van der Waals surface area contributed by atoms with Gasteiger partial charge >= 0.3 is 5.97 Å². The molecule has 5 nitrogen and oxygen atoms in total. The second-order valence-electron chi connectivity index (χ2n) is 7.45. The van der Waals surface area contributed by atoms with E-state index in [-0.39, 0.29) is 11.3 Å². The predicted molar refractivity (Wildman–Crippen MR) is 98.6 cm³/mol. The maximum absolute atomic E-state index is 11.8. The molecular formula is C21H24N2O3. The molecular weight excluding hydrogens is 328 g/mol. The zero-order valence-corrected chi connectivity index (χ0v) is 14.8. The largest absolute Gasteiger partial charge is 0.481 e. The Morgan fingerprint density at radius 3 is 2.62 bits per heavy atom. The lowest BCUT2D eigenvalue weighted by atomic mass is 9.72. The average Bonchev–Trinajstić information content (AvgIpc) is 3.01. The van der Waals surface area contributed by atoms with E-state index in [2.05, 4.69) is 34.1 Å². The van der Waals surface area contributed by atoms with E-state index in [1.807, 2.05) is 18.2 Å². The maximum Gasteiger partial charge on any atom is 0.308 e. The molecule has 1 spiro atoms. The molecule has 2 aliphatic rings. The fraction of sp³-hybridized carbons (Fsp3) is 0.429. The molecule has 0 saturated carbocycles. The van der Waals surface area contributed by atoms with Gasteiger partial charge in [0.15, 0.2) is 0 Å². The summed E-state index contributed by atoms with van der Waals surface area (Å²) < 4.78 is 5.48. The number of hydrogen-bond acceptors (Lipinski definition) is 4. The number of nitrogens with zero attached hydrogens (tertiary/aromatic N) is 2. The summed E-state index contributed by atoms with van der Waals surface area (Å²) in [6.45, 7) is 3.61. The van der Waals surface area contributed by atoms with Crippen molar-refractivity contribution in [1.29, 1.82) is 0 Å². The molecule has 4 rings (SSSR count). The van der Waals surface area contributed by atoms with E-state index in [9.17, 15) is 9.90 Å². The smallest absolute Gasteiger partial charge is 0.308 e. The second kappa shape index (κ2) is 7.17. The third kappa shape index (κ3) is 3.37. The average molecular weight is 352 g/mol. The molecule has 26 heavy (non-hydrogen) atoms. The van der Waals surface area contributed by atoms with Crippen LogP contribution in [0.3, 0.4) is 0 Å². The predicted octanol–water partition coefficient (Wildman–Crippen LogP) is 3.06. The van der Waals surface area contributed by atoms with Gasteiger partial charge in [-0.2, -0.15) is 0 Å². The highest BCUT2D eigenvalue weighted by Gasteiger charge is 2.50. The van der Waals surface area contributed by atoms with E-state index in [1.54, 1.807) is 6.20 Å². The molecule has 0 aliphatic carbocycles. The van der Waals surface area contributed by atoms with Crippen molar-refractivity contribution in [3.8, 4) is 11.3 Å². The van der Waals surface area contributed by atoms with Crippen molar-refractivity contribution >= 4 is 5.97 Å². The van der Waals surface area contributed by atoms with Crippen molar-refractivity contribution in [2.75, 3.05) is 26.3 Å². The molecule has 2 fully saturated rings. The van der Waals surface area contributed by atoms with E-state index < -0.39 is 5.97 Å². The Bertz CT molecular complexity index is 755. The topological polar surface area (TPSA) is 62.7 Å². The van der Waals surface area contributed by atoms with Crippen LogP contribution in [0.25, 0.3) is 11.3 Å². The molecule has 2 aliphatic heterocycles. The highest BCUT2D eigenvalue weighted by molar-refractivity contribution is 5.72. The minimum absolute atomic E-state index is 0.127. The van der Waals surface area contributed by atoms with Crippen LogP contribution < -0.4 is 0 Å². The van der Waals surface area contributed by atoms with Crippen LogP contribution in [-0.2, 0) is 16.1 Å². The first-order valence-corrected chi connectivity index (χ1v) is 9.20. The van der Waals surface area contributed by atoms with Crippen molar-refractivity contribution in [3.63, 3.8) is 0 Å². The van der Waals surface area contributed by atoms with Crippen molar-refractivity contribution in [2.45, 2.75) is 19.4 Å². The molecule has 1 unspecified atom stereocenters. The van der Waals surface area contributed by atoms with Crippen LogP contribution in [0.15, 0.2) is 48.7 Å². The number of rotatable bonds is 4. The Morgan fingerprint density at radius 2 is 1.96 bits per heavy atom. The van der Waals surface area contributed by atoms with Gasteiger partial charge in [-0.05, 0) is 30.5 Å². The van der Waals surface area contributed by atoms with E-state index in [1.165, 1.54) is 5.56 Å². The van der Waals surface area contributed by atoms with Gasteiger partial charge in [-0.1, -0.05) is 30.3 Å². The van der Waals surface area contributed by atoms with Gasteiger partial charge in [0, 0.05) is 50.0 Å². The third-order valence-electron chi connectivity index (χ3n) is 5.83. The van der Waals surface area contributed by atoms with Gasteiger partial charge in [0.25, 0.3) is 0 Å². The summed E-state index contributed by atoms with van der Waals surface area (Å²) in [5.74, 6) is -0.959. The highest BCUT2D eigenvalue weighted by atomic mass is 16.5. The Morgan fingerprint density at radius 1 is 1.19 bits per heavy atom. The summed E-state index contributed by atoms with van der Waals surface area (Å²) in [5, 5.41) is 9.70. The molecule has 1 N–H and O–H groups in total. The lowest BCUT2D eigenvalue weighted by molar-refractivity contribution is -0.147. The van der Waals surface area contributed by atoms with Gasteiger partial charge in [-0.25, -0.2) is 0 Å². The molecule has 0 amide bonds. The van der Waals surface area contributed by atoms with Gasteiger partial charge in [0.2, 0.25) is 0 Å². The SMILES string of the molecule is O=C(O)C1CN(Cc2ccc(-c3ccccn3)cc2)CC12CCOCC2. The molecule has 136 valence electrons. The Kier molecular flexibility index (Phi) is 4.74. The molecule has 0 bridgehead atoms. The highest BCUT2D eigenvalue weighted by Crippen LogP contribution is 2.44. The standard InChI is InChI=1S/C21H24N2O3/c24-20(25)18-14-23(15-21(18)8-11-26-12-9-21)13-16-4-6-17(7-5-16)19-3-1-2-10-22-19/h1-7,10,18H,8-9,11-15H2,(H,24,25). The fourth-order valence-corrected chi connectivity index (χ4v) is 4.39. The lowest BCUT2D eigenvalue weighted by Crippen LogP contribution is -2.40. The Hall–Kier alpha value is -2.24. The van der Waals surface area contributed by atoms with Crippen LogP contribution in [0.5, 0.6) is 0 Å². The van der Waals surface area contributed by atoms with Crippen LogP contribution in [0.4, 0.5) is 0 Å². The molecule has 1 aromatic heterocycles. The van der Waals surface area contributed by atoms with Gasteiger partial charge in [-0.3, -0.25) is 14.7 Å². The zero-order chi connectivity index (χ0) is 18.0. The number of carbonyl (C=O) groups is 1. The van der Waals surface area contributed by atoms with E-state index in [0.29, 0.717) is 19.8 Å². The third-order valence-corrected chi connectivity index (χ3v) is 5.83. The number of ether oxygens (including phenoxy) is 1.